The second-order valence-corrected chi connectivity index (χ2v) is 3.19. The summed E-state index contributed by atoms with van der Waals surface area (Å²) in [5.41, 5.74) is 0.997. The second kappa shape index (κ2) is 5.51. The summed E-state index contributed by atoms with van der Waals surface area (Å²) >= 11 is 5.68. The molecule has 14 heavy (non-hydrogen) atoms. The lowest BCUT2D eigenvalue weighted by Crippen LogP contribution is -2.12. The summed E-state index contributed by atoms with van der Waals surface area (Å²) in [5, 5.41) is 8.71. The Bertz CT molecular complexity index is 332. The van der Waals surface area contributed by atoms with Crippen molar-refractivity contribution in [3.63, 3.8) is 0 Å². The minimum Gasteiger partial charge on any atom is -0.476 e. The number of alkyl halides is 1. The molecule has 0 aromatic heterocycles. The van der Waals surface area contributed by atoms with Gasteiger partial charge in [-0.25, -0.2) is 0 Å². The fourth-order valence-corrected chi connectivity index (χ4v) is 1.23. The van der Waals surface area contributed by atoms with Gasteiger partial charge in [0.05, 0.1) is 0 Å². The van der Waals surface area contributed by atoms with Crippen molar-refractivity contribution >= 4 is 11.6 Å². The van der Waals surface area contributed by atoms with E-state index in [0.29, 0.717) is 18.1 Å². The summed E-state index contributed by atoms with van der Waals surface area (Å²) in [6.07, 6.45) is 0.308. The van der Waals surface area contributed by atoms with Crippen LogP contribution in [0.15, 0.2) is 24.3 Å². The first-order chi connectivity index (χ1) is 6.80. The quantitative estimate of drug-likeness (QED) is 0.714. The topological polar surface area (TPSA) is 33.0 Å². The van der Waals surface area contributed by atoms with Gasteiger partial charge in [0, 0.05) is 5.88 Å². The van der Waals surface area contributed by atoms with E-state index in [9.17, 15) is 0 Å². The molecule has 1 unspecified atom stereocenters. The molecule has 1 aromatic carbocycles. The number of halogens is 1. The Morgan fingerprint density at radius 3 is 2.93 bits per heavy atom. The predicted octanol–water partition coefficient (Wildman–Crippen LogP) is 3.11. The van der Waals surface area contributed by atoms with E-state index in [-0.39, 0.29) is 6.10 Å². The summed E-state index contributed by atoms with van der Waals surface area (Å²) in [6, 6.07) is 9.56. The first kappa shape index (κ1) is 10.9. The Hall–Kier alpha value is -1.20. The highest BCUT2D eigenvalue weighted by Gasteiger charge is 2.05. The zero-order valence-corrected chi connectivity index (χ0v) is 8.79. The lowest BCUT2D eigenvalue weighted by Gasteiger charge is -2.10. The number of benzene rings is 1. The summed E-state index contributed by atoms with van der Waals surface area (Å²) in [6.45, 7) is 1.92. The molecule has 0 aliphatic carbocycles. The van der Waals surface area contributed by atoms with E-state index in [0.717, 1.165) is 5.56 Å². The van der Waals surface area contributed by atoms with Gasteiger partial charge in [0.15, 0.2) is 6.10 Å². The highest BCUT2D eigenvalue weighted by atomic mass is 35.5. The zero-order chi connectivity index (χ0) is 10.4. The van der Waals surface area contributed by atoms with Gasteiger partial charge in [0.2, 0.25) is 0 Å². The molecule has 1 atom stereocenters. The van der Waals surface area contributed by atoms with Crippen molar-refractivity contribution < 1.29 is 4.74 Å². The van der Waals surface area contributed by atoms with Gasteiger partial charge in [-0.2, -0.15) is 5.26 Å². The molecule has 0 aliphatic rings. The van der Waals surface area contributed by atoms with Gasteiger partial charge < -0.3 is 4.74 Å². The van der Waals surface area contributed by atoms with Crippen LogP contribution in [0.1, 0.15) is 18.9 Å². The van der Waals surface area contributed by atoms with Crippen LogP contribution in [0.4, 0.5) is 0 Å². The summed E-state index contributed by atoms with van der Waals surface area (Å²) in [4.78, 5) is 0. The van der Waals surface area contributed by atoms with Crippen molar-refractivity contribution in [2.24, 2.45) is 0 Å². The molecule has 0 heterocycles. The average molecular weight is 210 g/mol. The number of nitriles is 1. The lowest BCUT2D eigenvalue weighted by atomic mass is 10.2. The predicted molar refractivity (Wildman–Crippen MR) is 56.3 cm³/mol. The number of ether oxygens (including phenoxy) is 1. The lowest BCUT2D eigenvalue weighted by molar-refractivity contribution is 0.252. The Labute approximate surface area is 89.1 Å². The smallest absolute Gasteiger partial charge is 0.184 e. The number of rotatable bonds is 4. The molecule has 0 amide bonds. The molecule has 0 radical (unpaired) electrons. The second-order valence-electron chi connectivity index (χ2n) is 2.92. The van der Waals surface area contributed by atoms with Crippen LogP contribution < -0.4 is 4.74 Å². The van der Waals surface area contributed by atoms with Crippen molar-refractivity contribution in [3.05, 3.63) is 29.8 Å². The van der Waals surface area contributed by atoms with Crippen LogP contribution in [0.2, 0.25) is 0 Å². The van der Waals surface area contributed by atoms with E-state index in [1.54, 1.807) is 0 Å². The van der Waals surface area contributed by atoms with Gasteiger partial charge in [-0.1, -0.05) is 19.1 Å². The van der Waals surface area contributed by atoms with E-state index < -0.39 is 0 Å². The molecule has 74 valence electrons. The SMILES string of the molecule is CCC(C#N)Oc1cccc(CCl)c1. The van der Waals surface area contributed by atoms with Crippen LogP contribution in [0.5, 0.6) is 5.75 Å². The standard InChI is InChI=1S/C11H12ClNO/c1-2-10(8-13)14-11-5-3-4-9(6-11)7-12/h3-6,10H,2,7H2,1H3. The highest BCUT2D eigenvalue weighted by molar-refractivity contribution is 6.17. The van der Waals surface area contributed by atoms with E-state index in [1.807, 2.05) is 31.2 Å². The van der Waals surface area contributed by atoms with Crippen LogP contribution in [-0.4, -0.2) is 6.10 Å². The molecular formula is C11H12ClNO. The number of hydrogen-bond acceptors (Lipinski definition) is 2. The maximum absolute atomic E-state index is 8.71. The zero-order valence-electron chi connectivity index (χ0n) is 8.03. The summed E-state index contributed by atoms with van der Waals surface area (Å²) < 4.78 is 5.44. The monoisotopic (exact) mass is 209 g/mol. The largest absolute Gasteiger partial charge is 0.476 e. The van der Waals surface area contributed by atoms with Gasteiger partial charge in [-0.15, -0.1) is 11.6 Å². The minimum atomic E-state index is -0.374. The van der Waals surface area contributed by atoms with E-state index in [4.69, 9.17) is 21.6 Å². The molecule has 2 nitrogen and oxygen atoms in total. The molecular weight excluding hydrogens is 198 g/mol. The maximum atomic E-state index is 8.71. The van der Waals surface area contributed by atoms with Crippen LogP contribution in [-0.2, 0) is 5.88 Å². The van der Waals surface area contributed by atoms with Crippen molar-refractivity contribution in [2.45, 2.75) is 25.3 Å². The van der Waals surface area contributed by atoms with Crippen LogP contribution >= 0.6 is 11.6 Å². The average Bonchev–Trinajstić information content (AvgIpc) is 2.26. The molecule has 0 bridgehead atoms. The maximum Gasteiger partial charge on any atom is 0.184 e. The first-order valence-corrected chi connectivity index (χ1v) is 5.04. The van der Waals surface area contributed by atoms with Gasteiger partial charge in [0.1, 0.15) is 11.8 Å². The fourth-order valence-electron chi connectivity index (χ4n) is 1.07. The Morgan fingerprint density at radius 2 is 2.36 bits per heavy atom. The highest BCUT2D eigenvalue weighted by Crippen LogP contribution is 2.16. The van der Waals surface area contributed by atoms with Gasteiger partial charge in [-0.3, -0.25) is 0 Å². The van der Waals surface area contributed by atoms with E-state index >= 15 is 0 Å². The molecule has 0 saturated carbocycles. The molecule has 3 heteroatoms. The molecule has 0 saturated heterocycles. The van der Waals surface area contributed by atoms with Gasteiger partial charge >= 0.3 is 0 Å². The fraction of sp³-hybridized carbons (Fsp3) is 0.364. The molecule has 0 aliphatic heterocycles. The minimum absolute atomic E-state index is 0.374. The van der Waals surface area contributed by atoms with Crippen LogP contribution in [0.3, 0.4) is 0 Å². The summed E-state index contributed by atoms with van der Waals surface area (Å²) in [7, 11) is 0. The van der Waals surface area contributed by atoms with Crippen LogP contribution in [0.25, 0.3) is 0 Å². The van der Waals surface area contributed by atoms with Crippen LogP contribution in [0, 0.1) is 11.3 Å². The third-order valence-corrected chi connectivity index (χ3v) is 2.15. The van der Waals surface area contributed by atoms with Gasteiger partial charge in [0.25, 0.3) is 0 Å². The number of nitrogens with zero attached hydrogens (tertiary/aromatic N) is 1. The Morgan fingerprint density at radius 1 is 1.57 bits per heavy atom. The molecule has 1 rings (SSSR count). The molecule has 1 aromatic rings. The van der Waals surface area contributed by atoms with Gasteiger partial charge in [-0.05, 0) is 24.1 Å². The normalized spacial score (nSPS) is 11.8. The van der Waals surface area contributed by atoms with Crippen molar-refractivity contribution in [1.29, 1.82) is 5.26 Å². The third kappa shape index (κ3) is 2.93. The number of hydrogen-bond donors (Lipinski definition) is 0. The van der Waals surface area contributed by atoms with E-state index in [2.05, 4.69) is 6.07 Å². The van der Waals surface area contributed by atoms with Crippen molar-refractivity contribution in [1.82, 2.24) is 0 Å². The Kier molecular flexibility index (Phi) is 4.28. The van der Waals surface area contributed by atoms with E-state index in [1.165, 1.54) is 0 Å². The first-order valence-electron chi connectivity index (χ1n) is 4.51. The third-order valence-electron chi connectivity index (χ3n) is 1.85. The molecule has 0 N–H and O–H groups in total. The Balaban J connectivity index is 2.71. The summed E-state index contributed by atoms with van der Waals surface area (Å²) in [5.74, 6) is 1.16. The van der Waals surface area contributed by atoms with Crippen molar-refractivity contribution in [3.8, 4) is 11.8 Å². The molecule has 0 spiro atoms. The van der Waals surface area contributed by atoms with Crippen molar-refractivity contribution in [2.75, 3.05) is 0 Å². The molecule has 0 fully saturated rings.